The molecule has 0 radical (unpaired) electrons. The molecule has 5 nitrogen and oxygen atoms in total. The summed E-state index contributed by atoms with van der Waals surface area (Å²) in [5, 5.41) is 0. The van der Waals surface area contributed by atoms with Gasteiger partial charge in [0.1, 0.15) is 11.4 Å². The molecular formula is C19H22N2O3. The number of aryl methyl sites for hydroxylation is 1. The molecule has 1 aromatic carbocycles. The highest BCUT2D eigenvalue weighted by atomic mass is 16.5. The summed E-state index contributed by atoms with van der Waals surface area (Å²) in [7, 11) is 1.27. The van der Waals surface area contributed by atoms with E-state index in [0.29, 0.717) is 0 Å². The lowest BCUT2D eigenvalue weighted by atomic mass is 9.96. The molecule has 2 aromatic rings. The zero-order chi connectivity index (χ0) is 17.1. The van der Waals surface area contributed by atoms with Gasteiger partial charge in [0.2, 0.25) is 0 Å². The number of fused-ring (bicyclic) bond motifs is 1. The maximum atomic E-state index is 12.5. The van der Waals surface area contributed by atoms with E-state index in [1.165, 1.54) is 18.9 Å². The van der Waals surface area contributed by atoms with Crippen LogP contribution in [0.15, 0.2) is 41.3 Å². The molecule has 5 heteroatoms. The van der Waals surface area contributed by atoms with E-state index < -0.39 is 5.97 Å². The van der Waals surface area contributed by atoms with Crippen LogP contribution in [0.5, 0.6) is 0 Å². The Bertz CT molecular complexity index is 783. The number of ether oxygens (including phenoxy) is 1. The molecule has 0 N–H and O–H groups in total. The summed E-state index contributed by atoms with van der Waals surface area (Å²) in [6.45, 7) is 2.00. The van der Waals surface area contributed by atoms with Crippen LogP contribution >= 0.6 is 0 Å². The first-order chi connectivity index (χ1) is 11.6. The van der Waals surface area contributed by atoms with Gasteiger partial charge in [-0.05, 0) is 38.2 Å². The molecule has 0 fully saturated rings. The van der Waals surface area contributed by atoms with Crippen molar-refractivity contribution in [3.8, 4) is 0 Å². The second-order valence-electron chi connectivity index (χ2n) is 6.36. The predicted molar refractivity (Wildman–Crippen MR) is 91.3 cm³/mol. The van der Waals surface area contributed by atoms with E-state index in [-0.39, 0.29) is 23.1 Å². The van der Waals surface area contributed by atoms with E-state index >= 15 is 0 Å². The van der Waals surface area contributed by atoms with Crippen molar-refractivity contribution in [3.63, 3.8) is 0 Å². The Kier molecular flexibility index (Phi) is 4.79. The average Bonchev–Trinajstić information content (AvgIpc) is 2.92. The second-order valence-corrected chi connectivity index (χ2v) is 6.36. The van der Waals surface area contributed by atoms with Crippen molar-refractivity contribution in [3.05, 3.63) is 63.8 Å². The van der Waals surface area contributed by atoms with Gasteiger partial charge in [0.15, 0.2) is 0 Å². The Hall–Kier alpha value is -2.43. The molecule has 0 bridgehead atoms. The minimum absolute atomic E-state index is 0.0121. The maximum absolute atomic E-state index is 12.5. The molecule has 0 aliphatic carbocycles. The van der Waals surface area contributed by atoms with Gasteiger partial charge in [0.25, 0.3) is 5.56 Å². The van der Waals surface area contributed by atoms with Crippen molar-refractivity contribution in [2.45, 2.75) is 44.6 Å². The molecule has 1 aliphatic rings. The molecule has 0 spiro atoms. The van der Waals surface area contributed by atoms with Crippen molar-refractivity contribution in [1.29, 1.82) is 0 Å². The number of esters is 1. The van der Waals surface area contributed by atoms with E-state index in [2.05, 4.69) is 34.0 Å². The van der Waals surface area contributed by atoms with Gasteiger partial charge < -0.3 is 4.74 Å². The van der Waals surface area contributed by atoms with E-state index in [9.17, 15) is 9.59 Å². The normalized spacial score (nSPS) is 19.1. The van der Waals surface area contributed by atoms with E-state index in [0.717, 1.165) is 31.5 Å². The molecule has 1 aliphatic heterocycles. The molecule has 126 valence electrons. The predicted octanol–water partition coefficient (Wildman–Crippen LogP) is 3.10. The van der Waals surface area contributed by atoms with Crippen LogP contribution in [0.2, 0.25) is 0 Å². The third kappa shape index (κ3) is 3.11. The van der Waals surface area contributed by atoms with Crippen LogP contribution in [-0.4, -0.2) is 22.6 Å². The first-order valence-corrected chi connectivity index (χ1v) is 8.35. The number of hydrogen-bond acceptors (Lipinski definition) is 4. The number of hydrogen-bond donors (Lipinski definition) is 0. The third-order valence-electron chi connectivity index (χ3n) is 4.72. The van der Waals surface area contributed by atoms with Gasteiger partial charge in [-0.3, -0.25) is 9.36 Å². The molecule has 1 unspecified atom stereocenters. The van der Waals surface area contributed by atoms with Gasteiger partial charge in [0.05, 0.1) is 7.11 Å². The lowest BCUT2D eigenvalue weighted by Gasteiger charge is -2.11. The molecule has 2 atom stereocenters. The van der Waals surface area contributed by atoms with Crippen molar-refractivity contribution >= 4 is 5.97 Å². The fraction of sp³-hybridized carbons (Fsp3) is 0.421. The lowest BCUT2D eigenvalue weighted by molar-refractivity contribution is 0.0597. The summed E-state index contributed by atoms with van der Waals surface area (Å²) in [5.41, 5.74) is 1.05. The highest BCUT2D eigenvalue weighted by molar-refractivity contribution is 5.88. The van der Waals surface area contributed by atoms with Crippen molar-refractivity contribution < 1.29 is 9.53 Å². The first-order valence-electron chi connectivity index (χ1n) is 8.35. The summed E-state index contributed by atoms with van der Waals surface area (Å²) in [6, 6.07) is 10.5. The monoisotopic (exact) mass is 326 g/mol. The van der Waals surface area contributed by atoms with Crippen LogP contribution in [0.3, 0.4) is 0 Å². The highest BCUT2D eigenvalue weighted by Gasteiger charge is 2.31. The Morgan fingerprint density at radius 1 is 1.33 bits per heavy atom. The maximum Gasteiger partial charge on any atom is 0.345 e. The molecule has 2 heterocycles. The topological polar surface area (TPSA) is 61.2 Å². The van der Waals surface area contributed by atoms with Crippen LogP contribution in [0.25, 0.3) is 0 Å². The summed E-state index contributed by atoms with van der Waals surface area (Å²) < 4.78 is 6.33. The molecule has 0 saturated heterocycles. The van der Waals surface area contributed by atoms with E-state index in [4.69, 9.17) is 0 Å². The fourth-order valence-electron chi connectivity index (χ4n) is 3.53. The van der Waals surface area contributed by atoms with Gasteiger partial charge in [-0.2, -0.15) is 0 Å². The van der Waals surface area contributed by atoms with Gasteiger partial charge >= 0.3 is 5.97 Å². The molecule has 0 amide bonds. The van der Waals surface area contributed by atoms with Gasteiger partial charge in [-0.15, -0.1) is 0 Å². The van der Waals surface area contributed by atoms with Gasteiger partial charge in [-0.25, -0.2) is 9.78 Å². The average molecular weight is 326 g/mol. The van der Waals surface area contributed by atoms with Crippen LogP contribution in [0, 0.1) is 0 Å². The van der Waals surface area contributed by atoms with Gasteiger partial charge in [0, 0.05) is 18.2 Å². The van der Waals surface area contributed by atoms with Crippen LogP contribution in [0.1, 0.15) is 59.9 Å². The standard InChI is InChI=1S/C19H22N2O3/c1-13-11-15(10-6-9-14-7-4-3-5-8-14)17-20-12-16(19(23)24-2)18(22)21(13)17/h3-5,7-8,12-13,15H,6,9-11H2,1-2H3/t13-,15?/m1/s1. The van der Waals surface area contributed by atoms with Crippen molar-refractivity contribution in [2.24, 2.45) is 0 Å². The number of carbonyl (C=O) groups is 1. The number of aromatic nitrogens is 2. The fourth-order valence-corrected chi connectivity index (χ4v) is 3.53. The lowest BCUT2D eigenvalue weighted by Crippen LogP contribution is -2.29. The second kappa shape index (κ2) is 6.99. The Labute approximate surface area is 141 Å². The Balaban J connectivity index is 1.75. The number of benzene rings is 1. The largest absolute Gasteiger partial charge is 0.465 e. The van der Waals surface area contributed by atoms with E-state index in [1.807, 2.05) is 13.0 Å². The third-order valence-corrected chi connectivity index (χ3v) is 4.72. The van der Waals surface area contributed by atoms with Crippen molar-refractivity contribution in [1.82, 2.24) is 9.55 Å². The quantitative estimate of drug-likeness (QED) is 0.792. The molecule has 3 rings (SSSR count). The first kappa shape index (κ1) is 16.4. The van der Waals surface area contributed by atoms with Gasteiger partial charge in [-0.1, -0.05) is 30.3 Å². The minimum atomic E-state index is -0.623. The zero-order valence-corrected chi connectivity index (χ0v) is 14.1. The van der Waals surface area contributed by atoms with Crippen LogP contribution in [0.4, 0.5) is 0 Å². The number of methoxy groups -OCH3 is 1. The SMILES string of the molecule is COC(=O)c1cnc2n(c1=O)[C@H](C)CC2CCCc1ccccc1. The number of carbonyl (C=O) groups excluding carboxylic acids is 1. The summed E-state index contributed by atoms with van der Waals surface area (Å²) >= 11 is 0. The molecular weight excluding hydrogens is 304 g/mol. The zero-order valence-electron chi connectivity index (χ0n) is 14.1. The van der Waals surface area contributed by atoms with E-state index in [1.54, 1.807) is 4.57 Å². The van der Waals surface area contributed by atoms with Crippen LogP contribution < -0.4 is 5.56 Å². The molecule has 0 saturated carbocycles. The van der Waals surface area contributed by atoms with Crippen molar-refractivity contribution in [2.75, 3.05) is 7.11 Å². The minimum Gasteiger partial charge on any atom is -0.465 e. The number of rotatable bonds is 5. The Morgan fingerprint density at radius 3 is 2.79 bits per heavy atom. The smallest absolute Gasteiger partial charge is 0.345 e. The summed E-state index contributed by atoms with van der Waals surface area (Å²) in [6.07, 6.45) is 5.32. The highest BCUT2D eigenvalue weighted by Crippen LogP contribution is 2.36. The summed E-state index contributed by atoms with van der Waals surface area (Å²) in [4.78, 5) is 28.6. The molecule has 1 aromatic heterocycles. The Morgan fingerprint density at radius 2 is 2.08 bits per heavy atom. The molecule has 24 heavy (non-hydrogen) atoms. The number of nitrogens with zero attached hydrogens (tertiary/aromatic N) is 2. The van der Waals surface area contributed by atoms with Crippen LogP contribution in [-0.2, 0) is 11.2 Å². The summed E-state index contributed by atoms with van der Waals surface area (Å²) in [5.74, 6) is 0.443.